The molecular formula is C15H23NO2. The van der Waals surface area contributed by atoms with E-state index in [9.17, 15) is 0 Å². The number of nitrogens with one attached hydrogen (secondary N) is 1. The molecule has 3 nitrogen and oxygen atoms in total. The molecule has 18 heavy (non-hydrogen) atoms. The van der Waals surface area contributed by atoms with Gasteiger partial charge in [0.2, 0.25) is 0 Å². The minimum absolute atomic E-state index is 0.236. The highest BCUT2D eigenvalue weighted by Gasteiger charge is 2.33. The van der Waals surface area contributed by atoms with Gasteiger partial charge in [-0.15, -0.1) is 0 Å². The second-order valence-electron chi connectivity index (χ2n) is 5.09. The molecule has 1 aromatic carbocycles. The second-order valence-corrected chi connectivity index (χ2v) is 5.09. The van der Waals surface area contributed by atoms with Crippen LogP contribution in [0.1, 0.15) is 31.2 Å². The zero-order valence-corrected chi connectivity index (χ0v) is 11.6. The molecule has 2 rings (SSSR count). The quantitative estimate of drug-likeness (QED) is 0.870. The summed E-state index contributed by atoms with van der Waals surface area (Å²) < 4.78 is 10.8. The molecule has 1 saturated carbocycles. The van der Waals surface area contributed by atoms with Gasteiger partial charge in [-0.3, -0.25) is 0 Å². The van der Waals surface area contributed by atoms with E-state index in [0.29, 0.717) is 0 Å². The summed E-state index contributed by atoms with van der Waals surface area (Å²) in [5.41, 5.74) is 1.47. The number of likely N-dealkylation sites (N-methyl/N-ethyl adjacent to an activating group) is 1. The van der Waals surface area contributed by atoms with Crippen LogP contribution in [0.2, 0.25) is 0 Å². The predicted octanol–water partition coefficient (Wildman–Crippen LogP) is 2.78. The van der Waals surface area contributed by atoms with Gasteiger partial charge in [-0.1, -0.05) is 12.8 Å². The van der Waals surface area contributed by atoms with Crippen molar-refractivity contribution in [3.05, 3.63) is 23.8 Å². The average Bonchev–Trinajstić information content (AvgIpc) is 2.88. The molecule has 0 atom stereocenters. The number of methoxy groups -OCH3 is 2. The molecule has 0 aliphatic heterocycles. The van der Waals surface area contributed by atoms with E-state index in [1.54, 1.807) is 14.2 Å². The predicted molar refractivity (Wildman–Crippen MR) is 73.5 cm³/mol. The van der Waals surface area contributed by atoms with Crippen molar-refractivity contribution >= 4 is 0 Å². The van der Waals surface area contributed by atoms with Gasteiger partial charge in [0.05, 0.1) is 14.2 Å². The fourth-order valence-electron chi connectivity index (χ4n) is 2.95. The summed E-state index contributed by atoms with van der Waals surface area (Å²) in [4.78, 5) is 0. The van der Waals surface area contributed by atoms with Gasteiger partial charge in [0, 0.05) is 5.54 Å². The zero-order valence-electron chi connectivity index (χ0n) is 11.6. The zero-order chi connectivity index (χ0) is 13.0. The van der Waals surface area contributed by atoms with Crippen molar-refractivity contribution in [3.63, 3.8) is 0 Å². The van der Waals surface area contributed by atoms with E-state index in [2.05, 4.69) is 18.4 Å². The Balaban J connectivity index is 2.25. The summed E-state index contributed by atoms with van der Waals surface area (Å²) in [6, 6.07) is 6.03. The molecule has 0 bridgehead atoms. The summed E-state index contributed by atoms with van der Waals surface area (Å²) in [6.45, 7) is 0. The van der Waals surface area contributed by atoms with Crippen molar-refractivity contribution < 1.29 is 9.47 Å². The van der Waals surface area contributed by atoms with Crippen LogP contribution in [0.15, 0.2) is 18.2 Å². The van der Waals surface area contributed by atoms with Crippen molar-refractivity contribution in [1.29, 1.82) is 0 Å². The highest BCUT2D eigenvalue weighted by atomic mass is 16.5. The maximum Gasteiger partial charge on any atom is 0.122 e. The Morgan fingerprint density at radius 2 is 1.89 bits per heavy atom. The summed E-state index contributed by atoms with van der Waals surface area (Å²) in [6.07, 6.45) is 6.11. The molecule has 0 radical (unpaired) electrons. The summed E-state index contributed by atoms with van der Waals surface area (Å²) >= 11 is 0. The monoisotopic (exact) mass is 249 g/mol. The van der Waals surface area contributed by atoms with Crippen LogP contribution >= 0.6 is 0 Å². The number of benzene rings is 1. The maximum absolute atomic E-state index is 5.46. The Bertz CT molecular complexity index is 397. The average molecular weight is 249 g/mol. The molecule has 0 amide bonds. The first-order valence-corrected chi connectivity index (χ1v) is 6.63. The third kappa shape index (κ3) is 2.61. The lowest BCUT2D eigenvalue weighted by atomic mass is 9.89. The lowest BCUT2D eigenvalue weighted by molar-refractivity contribution is 0.343. The van der Waals surface area contributed by atoms with Crippen LogP contribution in [0.5, 0.6) is 11.5 Å². The first kappa shape index (κ1) is 13.2. The molecule has 0 unspecified atom stereocenters. The summed E-state index contributed by atoms with van der Waals surface area (Å²) in [7, 11) is 5.50. The van der Waals surface area contributed by atoms with E-state index >= 15 is 0 Å². The third-order valence-electron chi connectivity index (χ3n) is 4.11. The summed E-state index contributed by atoms with van der Waals surface area (Å²) in [5, 5.41) is 3.52. The Hall–Kier alpha value is -1.22. The van der Waals surface area contributed by atoms with Crippen LogP contribution in [0.25, 0.3) is 0 Å². The van der Waals surface area contributed by atoms with Gasteiger partial charge < -0.3 is 14.8 Å². The van der Waals surface area contributed by atoms with E-state index in [0.717, 1.165) is 17.9 Å². The molecule has 100 valence electrons. The Morgan fingerprint density at radius 3 is 2.44 bits per heavy atom. The minimum atomic E-state index is 0.236. The van der Waals surface area contributed by atoms with E-state index in [-0.39, 0.29) is 5.54 Å². The molecule has 0 aromatic heterocycles. The lowest BCUT2D eigenvalue weighted by Gasteiger charge is -2.29. The van der Waals surface area contributed by atoms with E-state index in [1.807, 2.05) is 12.1 Å². The molecule has 0 spiro atoms. The molecule has 0 heterocycles. The van der Waals surface area contributed by atoms with Gasteiger partial charge in [-0.05, 0) is 50.1 Å². The molecule has 1 aliphatic rings. The van der Waals surface area contributed by atoms with Gasteiger partial charge in [-0.2, -0.15) is 0 Å². The highest BCUT2D eigenvalue weighted by Crippen LogP contribution is 2.35. The second kappa shape index (κ2) is 5.61. The van der Waals surface area contributed by atoms with Crippen molar-refractivity contribution in [2.75, 3.05) is 21.3 Å². The third-order valence-corrected chi connectivity index (χ3v) is 4.11. The van der Waals surface area contributed by atoms with Crippen LogP contribution in [-0.4, -0.2) is 26.8 Å². The smallest absolute Gasteiger partial charge is 0.122 e. The van der Waals surface area contributed by atoms with Crippen LogP contribution in [0.3, 0.4) is 0 Å². The van der Waals surface area contributed by atoms with Crippen LogP contribution in [0, 0.1) is 0 Å². The fourth-order valence-corrected chi connectivity index (χ4v) is 2.95. The Morgan fingerprint density at radius 1 is 1.17 bits per heavy atom. The highest BCUT2D eigenvalue weighted by molar-refractivity contribution is 5.41. The number of hydrogen-bond acceptors (Lipinski definition) is 3. The summed E-state index contributed by atoms with van der Waals surface area (Å²) in [5.74, 6) is 1.85. The van der Waals surface area contributed by atoms with Gasteiger partial charge in [0.1, 0.15) is 11.5 Å². The van der Waals surface area contributed by atoms with E-state index in [1.165, 1.54) is 31.2 Å². The van der Waals surface area contributed by atoms with Crippen LogP contribution in [-0.2, 0) is 6.42 Å². The van der Waals surface area contributed by atoms with Gasteiger partial charge >= 0.3 is 0 Å². The normalized spacial score (nSPS) is 17.7. The lowest BCUT2D eigenvalue weighted by Crippen LogP contribution is -2.42. The minimum Gasteiger partial charge on any atom is -0.497 e. The van der Waals surface area contributed by atoms with Gasteiger partial charge in [-0.25, -0.2) is 0 Å². The topological polar surface area (TPSA) is 30.5 Å². The van der Waals surface area contributed by atoms with Gasteiger partial charge in [0.15, 0.2) is 0 Å². The Labute approximate surface area is 109 Å². The standard InChI is InChI=1S/C15H23NO2/c1-16-15(8-4-5-9-15)11-12-10-13(17-2)6-7-14(12)18-3/h6-7,10,16H,4-5,8-9,11H2,1-3H3. The molecule has 0 saturated heterocycles. The van der Waals surface area contributed by atoms with Crippen molar-refractivity contribution in [2.45, 2.75) is 37.6 Å². The molecule has 1 aromatic rings. The molecule has 1 fully saturated rings. The SMILES string of the molecule is CNC1(Cc2cc(OC)ccc2OC)CCCC1. The Kier molecular flexibility index (Phi) is 4.12. The first-order valence-electron chi connectivity index (χ1n) is 6.63. The van der Waals surface area contributed by atoms with E-state index in [4.69, 9.17) is 9.47 Å². The van der Waals surface area contributed by atoms with Crippen molar-refractivity contribution in [3.8, 4) is 11.5 Å². The first-order chi connectivity index (χ1) is 8.73. The number of hydrogen-bond donors (Lipinski definition) is 1. The fraction of sp³-hybridized carbons (Fsp3) is 0.600. The van der Waals surface area contributed by atoms with Crippen molar-refractivity contribution in [2.24, 2.45) is 0 Å². The maximum atomic E-state index is 5.46. The molecule has 1 N–H and O–H groups in total. The molecule has 3 heteroatoms. The number of ether oxygens (including phenoxy) is 2. The molecule has 1 aliphatic carbocycles. The number of rotatable bonds is 5. The molecular weight excluding hydrogens is 226 g/mol. The van der Waals surface area contributed by atoms with Crippen LogP contribution < -0.4 is 14.8 Å². The van der Waals surface area contributed by atoms with E-state index < -0.39 is 0 Å². The van der Waals surface area contributed by atoms with Crippen molar-refractivity contribution in [1.82, 2.24) is 5.32 Å². The van der Waals surface area contributed by atoms with Gasteiger partial charge in [0.25, 0.3) is 0 Å². The largest absolute Gasteiger partial charge is 0.497 e. The van der Waals surface area contributed by atoms with Crippen LogP contribution in [0.4, 0.5) is 0 Å².